The third kappa shape index (κ3) is 3.02. The van der Waals surface area contributed by atoms with Crippen molar-refractivity contribution in [2.75, 3.05) is 5.09 Å². The van der Waals surface area contributed by atoms with E-state index >= 15 is 0 Å². The summed E-state index contributed by atoms with van der Waals surface area (Å²) in [5.74, 6) is 0. The molecule has 3 nitrogen and oxygen atoms in total. The van der Waals surface area contributed by atoms with Crippen molar-refractivity contribution in [1.29, 1.82) is 0 Å². The molecule has 4 heteroatoms. The zero-order valence-electron chi connectivity index (χ0n) is 17.1. The minimum atomic E-state index is -1.30. The minimum Gasteiger partial charge on any atom is -0.408 e. The summed E-state index contributed by atoms with van der Waals surface area (Å²) in [4.78, 5) is 0. The molecule has 0 fully saturated rings. The van der Waals surface area contributed by atoms with Gasteiger partial charge in [0.15, 0.2) is 0 Å². The molecule has 146 valence electrons. The third-order valence-corrected chi connectivity index (χ3v) is 6.76. The van der Waals surface area contributed by atoms with Crippen molar-refractivity contribution in [3.8, 4) is 0 Å². The van der Waals surface area contributed by atoms with Gasteiger partial charge in [-0.3, -0.25) is 0 Å². The number of benzene rings is 4. The van der Waals surface area contributed by atoms with E-state index in [1.165, 1.54) is 21.5 Å². The van der Waals surface area contributed by atoms with Crippen LogP contribution < -0.4 is 5.09 Å². The van der Waals surface area contributed by atoms with E-state index in [1.807, 2.05) is 0 Å². The van der Waals surface area contributed by atoms with Crippen molar-refractivity contribution in [2.24, 2.45) is 0 Å². The Balaban J connectivity index is 2.17. The largest absolute Gasteiger partial charge is 0.408 e. The molecule has 1 aromatic heterocycles. The zero-order chi connectivity index (χ0) is 20.1. The van der Waals surface area contributed by atoms with Gasteiger partial charge in [-0.2, -0.15) is 0 Å². The second kappa shape index (κ2) is 6.95. The molecule has 0 saturated heterocycles. The SMILES string of the molecule is Cc1cc2ccccc2c2c1op(NC(C)C)oc1c(C)cc3ccccc3c12. The Kier molecular flexibility index (Phi) is 4.38. The van der Waals surface area contributed by atoms with Crippen molar-refractivity contribution < 1.29 is 8.39 Å². The fraction of sp³-hybridized carbons (Fsp3) is 0.200. The molecule has 0 aliphatic rings. The van der Waals surface area contributed by atoms with Gasteiger partial charge in [0.2, 0.25) is 0 Å². The molecule has 1 N–H and O–H groups in total. The number of fused-ring (bicyclic) bond motifs is 7. The van der Waals surface area contributed by atoms with Crippen LogP contribution in [0.4, 0.5) is 0 Å². The van der Waals surface area contributed by atoms with E-state index in [0.29, 0.717) is 0 Å². The smallest absolute Gasteiger partial charge is 0.307 e. The van der Waals surface area contributed by atoms with Crippen LogP contribution in [-0.4, -0.2) is 6.04 Å². The van der Waals surface area contributed by atoms with E-state index < -0.39 is 8.16 Å². The monoisotopic (exact) mass is 401 g/mol. The number of hydrogen-bond acceptors (Lipinski definition) is 3. The maximum atomic E-state index is 6.52. The van der Waals surface area contributed by atoms with Gasteiger partial charge in [0.1, 0.15) is 11.2 Å². The topological polar surface area (TPSA) is 38.3 Å². The number of nitrogens with one attached hydrogen (secondary N) is 1. The quantitative estimate of drug-likeness (QED) is 0.324. The van der Waals surface area contributed by atoms with Gasteiger partial charge in [-0.05, 0) is 72.5 Å². The summed E-state index contributed by atoms with van der Waals surface area (Å²) in [6.45, 7) is 8.47. The van der Waals surface area contributed by atoms with Gasteiger partial charge in [0.25, 0.3) is 0 Å². The van der Waals surface area contributed by atoms with Crippen LogP contribution in [0.3, 0.4) is 0 Å². The molecule has 0 radical (unpaired) electrons. The highest BCUT2D eigenvalue weighted by Crippen LogP contribution is 2.42. The van der Waals surface area contributed by atoms with Crippen LogP contribution in [0.5, 0.6) is 0 Å². The molecule has 5 rings (SSSR count). The third-order valence-electron chi connectivity index (χ3n) is 5.34. The molecule has 5 aromatic rings. The van der Waals surface area contributed by atoms with Gasteiger partial charge >= 0.3 is 8.16 Å². The molecule has 4 aromatic carbocycles. The summed E-state index contributed by atoms with van der Waals surface area (Å²) in [6, 6.07) is 21.7. The standard InChI is InChI=1S/C25H24NO2P/c1-15(2)26-29-27-24-16(3)13-18-9-5-7-11-20(18)22(24)23-21-12-8-6-10-19(21)14-17(4)25(23)28-29/h5-15,26H,1-4H3. The minimum absolute atomic E-state index is 0.257. The molecule has 0 amide bonds. The van der Waals surface area contributed by atoms with Gasteiger partial charge in [0, 0.05) is 16.8 Å². The average Bonchev–Trinajstić information content (AvgIpc) is 2.86. The van der Waals surface area contributed by atoms with E-state index in [2.05, 4.69) is 93.4 Å². The van der Waals surface area contributed by atoms with Crippen molar-refractivity contribution >= 4 is 51.6 Å². The van der Waals surface area contributed by atoms with Crippen molar-refractivity contribution in [3.05, 3.63) is 71.8 Å². The lowest BCUT2D eigenvalue weighted by Gasteiger charge is -2.08. The van der Waals surface area contributed by atoms with E-state index in [1.54, 1.807) is 0 Å². The first-order chi connectivity index (χ1) is 14.0. The van der Waals surface area contributed by atoms with Crippen LogP contribution in [-0.2, 0) is 0 Å². The molecule has 29 heavy (non-hydrogen) atoms. The highest BCUT2D eigenvalue weighted by Gasteiger charge is 2.16. The Morgan fingerprint density at radius 1 is 0.724 bits per heavy atom. The molecular formula is C25H24NO2P. The Morgan fingerprint density at radius 3 is 1.62 bits per heavy atom. The van der Waals surface area contributed by atoms with Gasteiger partial charge < -0.3 is 8.39 Å². The summed E-state index contributed by atoms with van der Waals surface area (Å²) < 4.78 is 13.0. The van der Waals surface area contributed by atoms with E-state index in [9.17, 15) is 0 Å². The highest BCUT2D eigenvalue weighted by atomic mass is 31.1. The van der Waals surface area contributed by atoms with Gasteiger partial charge in [-0.25, -0.2) is 5.09 Å². The normalized spacial score (nSPS) is 11.9. The second-order valence-corrected chi connectivity index (χ2v) is 9.10. The Labute approximate surface area is 170 Å². The molecule has 0 bridgehead atoms. The average molecular weight is 401 g/mol. The van der Waals surface area contributed by atoms with Gasteiger partial charge in [-0.15, -0.1) is 0 Å². The Morgan fingerprint density at radius 2 is 1.17 bits per heavy atom. The van der Waals surface area contributed by atoms with E-state index in [4.69, 9.17) is 8.39 Å². The predicted octanol–water partition coefficient (Wildman–Crippen LogP) is 8.17. The van der Waals surface area contributed by atoms with Crippen LogP contribution in [0.1, 0.15) is 25.0 Å². The first-order valence-corrected chi connectivity index (χ1v) is 11.2. The van der Waals surface area contributed by atoms with Crippen LogP contribution in [0.2, 0.25) is 0 Å². The molecule has 1 heterocycles. The molecule has 0 spiro atoms. The lowest BCUT2D eigenvalue weighted by Crippen LogP contribution is -2.05. The lowest BCUT2D eigenvalue weighted by molar-refractivity contribution is 0.635. The summed E-state index contributed by atoms with van der Waals surface area (Å²) in [5, 5.41) is 10.5. The lowest BCUT2D eigenvalue weighted by atomic mass is 9.95. The maximum absolute atomic E-state index is 6.52. The predicted molar refractivity (Wildman–Crippen MR) is 125 cm³/mol. The fourth-order valence-corrected chi connectivity index (χ4v) is 5.48. The molecule has 0 aliphatic heterocycles. The van der Waals surface area contributed by atoms with E-state index in [-0.39, 0.29) is 6.04 Å². The van der Waals surface area contributed by atoms with Crippen molar-refractivity contribution in [1.82, 2.24) is 0 Å². The molecule has 0 atom stereocenters. The van der Waals surface area contributed by atoms with Gasteiger partial charge in [0.05, 0.1) is 0 Å². The second-order valence-electron chi connectivity index (χ2n) is 7.96. The fourth-order valence-electron chi connectivity index (χ4n) is 4.12. The van der Waals surface area contributed by atoms with Crippen LogP contribution >= 0.6 is 8.16 Å². The molecule has 0 unspecified atom stereocenters. The molecule has 0 saturated carbocycles. The van der Waals surface area contributed by atoms with Crippen molar-refractivity contribution in [3.63, 3.8) is 0 Å². The molecular weight excluding hydrogens is 377 g/mol. The maximum Gasteiger partial charge on any atom is 0.307 e. The first kappa shape index (κ1) is 18.3. The number of aryl methyl sites for hydroxylation is 2. The summed E-state index contributed by atoms with van der Waals surface area (Å²) >= 11 is 0. The summed E-state index contributed by atoms with van der Waals surface area (Å²) in [6.07, 6.45) is 0. The van der Waals surface area contributed by atoms with Gasteiger partial charge in [-0.1, -0.05) is 48.5 Å². The number of rotatable bonds is 2. The van der Waals surface area contributed by atoms with Crippen LogP contribution in [0.25, 0.3) is 43.5 Å². The van der Waals surface area contributed by atoms with Crippen LogP contribution in [0.15, 0.2) is 69.1 Å². The van der Waals surface area contributed by atoms with E-state index in [0.717, 1.165) is 33.1 Å². The highest BCUT2D eigenvalue weighted by molar-refractivity contribution is 7.38. The zero-order valence-corrected chi connectivity index (χ0v) is 18.0. The van der Waals surface area contributed by atoms with Crippen LogP contribution in [0, 0.1) is 13.8 Å². The Bertz CT molecular complexity index is 1330. The number of hydrogen-bond donors (Lipinski definition) is 1. The Hall–Kier alpha value is -2.74. The summed E-state index contributed by atoms with van der Waals surface area (Å²) in [7, 11) is -1.30. The van der Waals surface area contributed by atoms with Crippen molar-refractivity contribution in [2.45, 2.75) is 33.7 Å². The molecule has 0 aliphatic carbocycles. The summed E-state index contributed by atoms with van der Waals surface area (Å²) in [5.41, 5.74) is 4.08. The first-order valence-electron chi connectivity index (χ1n) is 10.00.